The van der Waals surface area contributed by atoms with E-state index < -0.39 is 5.97 Å². The van der Waals surface area contributed by atoms with Crippen molar-refractivity contribution in [2.24, 2.45) is 0 Å². The van der Waals surface area contributed by atoms with Gasteiger partial charge in [0.1, 0.15) is 0 Å². The summed E-state index contributed by atoms with van der Waals surface area (Å²) < 4.78 is 4.90. The highest BCUT2D eigenvalue weighted by Gasteiger charge is 2.08. The molecular weight excluding hydrogens is 359 g/mol. The normalized spacial score (nSPS) is 10.7. The molecule has 6 heteroatoms. The van der Waals surface area contributed by atoms with E-state index in [1.54, 1.807) is 42.5 Å². The SMILES string of the molecule is O=C(/C=C/c1ccc(Cl)c(Cl)c1)OCC(=O)c1ccc(Cl)cc1. The number of hydrogen-bond acceptors (Lipinski definition) is 3. The molecule has 0 fully saturated rings. The predicted molar refractivity (Wildman–Crippen MR) is 92.2 cm³/mol. The van der Waals surface area contributed by atoms with E-state index in [0.29, 0.717) is 26.2 Å². The van der Waals surface area contributed by atoms with Crippen LogP contribution < -0.4 is 0 Å². The largest absolute Gasteiger partial charge is 0.454 e. The highest BCUT2D eigenvalue weighted by molar-refractivity contribution is 6.42. The Morgan fingerprint density at radius 1 is 0.957 bits per heavy atom. The molecule has 0 aliphatic carbocycles. The smallest absolute Gasteiger partial charge is 0.331 e. The molecule has 23 heavy (non-hydrogen) atoms. The van der Waals surface area contributed by atoms with E-state index in [1.165, 1.54) is 12.2 Å². The van der Waals surface area contributed by atoms with Gasteiger partial charge in [0.15, 0.2) is 12.4 Å². The molecule has 2 rings (SSSR count). The highest BCUT2D eigenvalue weighted by Crippen LogP contribution is 2.23. The van der Waals surface area contributed by atoms with Gasteiger partial charge in [0.25, 0.3) is 0 Å². The average molecular weight is 370 g/mol. The number of hydrogen-bond donors (Lipinski definition) is 0. The fraction of sp³-hybridized carbons (Fsp3) is 0.0588. The summed E-state index contributed by atoms with van der Waals surface area (Å²) in [6.07, 6.45) is 2.74. The van der Waals surface area contributed by atoms with Crippen LogP contribution in [0.25, 0.3) is 6.08 Å². The van der Waals surface area contributed by atoms with Crippen molar-refractivity contribution in [2.45, 2.75) is 0 Å². The molecule has 118 valence electrons. The van der Waals surface area contributed by atoms with Gasteiger partial charge in [-0.2, -0.15) is 0 Å². The molecule has 0 aliphatic rings. The molecule has 0 saturated heterocycles. The molecule has 0 N–H and O–H groups in total. The second-order valence-electron chi connectivity index (χ2n) is 4.54. The molecule has 0 radical (unpaired) electrons. The number of carbonyl (C=O) groups excluding carboxylic acids is 2. The Morgan fingerprint density at radius 2 is 1.65 bits per heavy atom. The third-order valence-corrected chi connectivity index (χ3v) is 3.86. The molecule has 3 nitrogen and oxygen atoms in total. The molecule has 0 spiro atoms. The summed E-state index contributed by atoms with van der Waals surface area (Å²) in [5, 5.41) is 1.35. The highest BCUT2D eigenvalue weighted by atomic mass is 35.5. The molecule has 2 aromatic rings. The molecule has 0 bridgehead atoms. The summed E-state index contributed by atoms with van der Waals surface area (Å²) in [5.74, 6) is -0.934. The van der Waals surface area contributed by atoms with Crippen LogP contribution in [0.2, 0.25) is 15.1 Å². The van der Waals surface area contributed by atoms with Gasteiger partial charge in [-0.05, 0) is 48.0 Å². The zero-order valence-corrected chi connectivity index (χ0v) is 14.0. The van der Waals surface area contributed by atoms with E-state index in [9.17, 15) is 9.59 Å². The average Bonchev–Trinajstić information content (AvgIpc) is 2.54. The number of carbonyl (C=O) groups is 2. The van der Waals surface area contributed by atoms with Gasteiger partial charge >= 0.3 is 5.97 Å². The standard InChI is InChI=1S/C17H11Cl3O3/c18-13-5-3-12(4-6-13)16(21)10-23-17(22)8-2-11-1-7-14(19)15(20)9-11/h1-9H,10H2/b8-2+. The number of benzene rings is 2. The molecule has 0 saturated carbocycles. The summed E-state index contributed by atoms with van der Waals surface area (Å²) in [7, 11) is 0. The lowest BCUT2D eigenvalue weighted by molar-refractivity contribution is -0.136. The van der Waals surface area contributed by atoms with E-state index in [2.05, 4.69) is 0 Å². The Balaban J connectivity index is 1.89. The number of rotatable bonds is 5. The minimum atomic E-state index is -0.626. The van der Waals surface area contributed by atoms with Gasteiger partial charge in [-0.1, -0.05) is 40.9 Å². The van der Waals surface area contributed by atoms with Crippen molar-refractivity contribution in [1.29, 1.82) is 0 Å². The molecule has 2 aromatic carbocycles. The minimum absolute atomic E-state index is 0.307. The van der Waals surface area contributed by atoms with Crippen LogP contribution in [0.5, 0.6) is 0 Å². The van der Waals surface area contributed by atoms with E-state index in [-0.39, 0.29) is 12.4 Å². The van der Waals surface area contributed by atoms with Crippen LogP contribution in [-0.2, 0) is 9.53 Å². The molecule has 0 amide bonds. The van der Waals surface area contributed by atoms with Crippen molar-refractivity contribution >= 4 is 52.6 Å². The van der Waals surface area contributed by atoms with E-state index >= 15 is 0 Å². The number of ether oxygens (including phenoxy) is 1. The molecule has 0 aromatic heterocycles. The molecule has 0 heterocycles. The second kappa shape index (κ2) is 8.16. The summed E-state index contributed by atoms with van der Waals surface area (Å²) >= 11 is 17.4. The first-order valence-corrected chi connectivity index (χ1v) is 7.68. The topological polar surface area (TPSA) is 43.4 Å². The van der Waals surface area contributed by atoms with Gasteiger partial charge in [-0.15, -0.1) is 0 Å². The molecule has 0 unspecified atom stereocenters. The van der Waals surface area contributed by atoms with Gasteiger partial charge in [-0.3, -0.25) is 4.79 Å². The van der Waals surface area contributed by atoms with Crippen molar-refractivity contribution in [3.8, 4) is 0 Å². The summed E-state index contributed by atoms with van der Waals surface area (Å²) in [6, 6.07) is 11.3. The Kier molecular flexibility index (Phi) is 6.22. The fourth-order valence-corrected chi connectivity index (χ4v) is 2.12. The fourth-order valence-electron chi connectivity index (χ4n) is 1.68. The van der Waals surface area contributed by atoms with Gasteiger partial charge in [0.05, 0.1) is 10.0 Å². The van der Waals surface area contributed by atoms with Crippen LogP contribution in [0.15, 0.2) is 48.5 Å². The molecular formula is C17H11Cl3O3. The third-order valence-electron chi connectivity index (χ3n) is 2.87. The lowest BCUT2D eigenvalue weighted by Crippen LogP contribution is -2.12. The zero-order valence-electron chi connectivity index (χ0n) is 11.8. The van der Waals surface area contributed by atoms with Crippen LogP contribution in [0.3, 0.4) is 0 Å². The number of halogens is 3. The first-order chi connectivity index (χ1) is 11.0. The van der Waals surface area contributed by atoms with E-state index in [1.807, 2.05) is 0 Å². The quantitative estimate of drug-likeness (QED) is 0.419. The molecule has 0 atom stereocenters. The van der Waals surface area contributed by atoms with Crippen LogP contribution >= 0.6 is 34.8 Å². The summed E-state index contributed by atoms with van der Waals surface area (Å²) in [4.78, 5) is 23.5. The minimum Gasteiger partial charge on any atom is -0.454 e. The van der Waals surface area contributed by atoms with Crippen molar-refractivity contribution in [2.75, 3.05) is 6.61 Å². The predicted octanol–water partition coefficient (Wildman–Crippen LogP) is 5.09. The Bertz CT molecular complexity index is 752. The third kappa shape index (κ3) is 5.39. The van der Waals surface area contributed by atoms with E-state index in [0.717, 1.165) is 0 Å². The second-order valence-corrected chi connectivity index (χ2v) is 5.80. The number of Topliss-reactive ketones (excluding diaryl/α,β-unsaturated/α-hetero) is 1. The van der Waals surface area contributed by atoms with Crippen molar-refractivity contribution in [1.82, 2.24) is 0 Å². The maximum Gasteiger partial charge on any atom is 0.331 e. The van der Waals surface area contributed by atoms with Crippen molar-refractivity contribution < 1.29 is 14.3 Å². The Hall–Kier alpha value is -1.81. The Labute approximate surface area is 148 Å². The number of ketones is 1. The van der Waals surface area contributed by atoms with Gasteiger partial charge in [0, 0.05) is 16.7 Å². The number of esters is 1. The lowest BCUT2D eigenvalue weighted by atomic mass is 10.1. The van der Waals surface area contributed by atoms with Gasteiger partial charge in [-0.25, -0.2) is 4.79 Å². The van der Waals surface area contributed by atoms with Crippen LogP contribution in [0.1, 0.15) is 15.9 Å². The van der Waals surface area contributed by atoms with Gasteiger partial charge in [0.2, 0.25) is 0 Å². The van der Waals surface area contributed by atoms with Crippen molar-refractivity contribution in [3.05, 3.63) is 74.7 Å². The first kappa shape index (κ1) is 17.5. The van der Waals surface area contributed by atoms with Crippen LogP contribution in [0, 0.1) is 0 Å². The maximum absolute atomic E-state index is 11.8. The van der Waals surface area contributed by atoms with Gasteiger partial charge < -0.3 is 4.74 Å². The van der Waals surface area contributed by atoms with Crippen molar-refractivity contribution in [3.63, 3.8) is 0 Å². The summed E-state index contributed by atoms with van der Waals surface area (Å²) in [6.45, 7) is -0.341. The van der Waals surface area contributed by atoms with Crippen LogP contribution in [0.4, 0.5) is 0 Å². The first-order valence-electron chi connectivity index (χ1n) is 6.54. The lowest BCUT2D eigenvalue weighted by Gasteiger charge is -2.02. The maximum atomic E-state index is 11.8. The molecule has 0 aliphatic heterocycles. The van der Waals surface area contributed by atoms with Crippen LogP contribution in [-0.4, -0.2) is 18.4 Å². The monoisotopic (exact) mass is 368 g/mol. The summed E-state index contributed by atoms with van der Waals surface area (Å²) in [5.41, 5.74) is 1.12. The zero-order chi connectivity index (χ0) is 16.8. The Morgan fingerprint density at radius 3 is 2.30 bits per heavy atom. The van der Waals surface area contributed by atoms with E-state index in [4.69, 9.17) is 39.5 Å².